The molecule has 1 aromatic rings. The van der Waals surface area contributed by atoms with Gasteiger partial charge in [0.15, 0.2) is 5.78 Å². The lowest BCUT2D eigenvalue weighted by atomic mass is 10.2. The summed E-state index contributed by atoms with van der Waals surface area (Å²) in [7, 11) is 0. The summed E-state index contributed by atoms with van der Waals surface area (Å²) in [4.78, 5) is 14.5. The van der Waals surface area contributed by atoms with Gasteiger partial charge in [-0.2, -0.15) is 11.8 Å². The summed E-state index contributed by atoms with van der Waals surface area (Å²) in [5.74, 6) is 0.204. The maximum Gasteiger partial charge on any atom is 0.178 e. The normalized spacial score (nSPS) is 25.3. The van der Waals surface area contributed by atoms with Gasteiger partial charge in [0.1, 0.15) is 0 Å². The first-order valence-electron chi connectivity index (χ1n) is 5.81. The third kappa shape index (κ3) is 3.82. The highest BCUT2D eigenvalue weighted by atomic mass is 79.9. The van der Waals surface area contributed by atoms with Crippen molar-refractivity contribution in [3.05, 3.63) is 19.2 Å². The number of carbonyl (C=O) groups excluding carboxylic acids is 1. The first-order valence-corrected chi connectivity index (χ1v) is 9.16. The summed E-state index contributed by atoms with van der Waals surface area (Å²) in [6.07, 6.45) is 0. The number of hydrogen-bond donors (Lipinski definition) is 0. The van der Waals surface area contributed by atoms with Crippen LogP contribution in [0.3, 0.4) is 0 Å². The van der Waals surface area contributed by atoms with E-state index in [9.17, 15) is 4.79 Å². The minimum Gasteiger partial charge on any atom is -0.294 e. The molecule has 1 fully saturated rings. The van der Waals surface area contributed by atoms with E-state index in [0.29, 0.717) is 17.0 Å². The molecule has 0 aliphatic carbocycles. The SMILES string of the molecule is CC1CN(CC(=O)c2cc(Br)sc2Br)CC(C)S1. The van der Waals surface area contributed by atoms with Crippen molar-refractivity contribution in [2.75, 3.05) is 19.6 Å². The summed E-state index contributed by atoms with van der Waals surface area (Å²) in [5, 5.41) is 1.22. The Balaban J connectivity index is 2.01. The van der Waals surface area contributed by atoms with Crippen LogP contribution in [0.15, 0.2) is 13.6 Å². The van der Waals surface area contributed by atoms with Crippen LogP contribution in [0.1, 0.15) is 24.2 Å². The zero-order valence-electron chi connectivity index (χ0n) is 10.3. The van der Waals surface area contributed by atoms with Crippen molar-refractivity contribution in [1.29, 1.82) is 0 Å². The molecule has 1 aliphatic heterocycles. The van der Waals surface area contributed by atoms with Crippen molar-refractivity contribution < 1.29 is 4.79 Å². The number of hydrogen-bond acceptors (Lipinski definition) is 4. The topological polar surface area (TPSA) is 20.3 Å². The summed E-state index contributed by atoms with van der Waals surface area (Å²) in [6, 6.07) is 1.91. The zero-order chi connectivity index (χ0) is 13.3. The highest BCUT2D eigenvalue weighted by Crippen LogP contribution is 2.32. The van der Waals surface area contributed by atoms with E-state index in [1.807, 2.05) is 17.8 Å². The van der Waals surface area contributed by atoms with Gasteiger partial charge in [-0.3, -0.25) is 9.69 Å². The second-order valence-corrected chi connectivity index (χ2v) is 10.2. The van der Waals surface area contributed by atoms with Crippen molar-refractivity contribution in [3.63, 3.8) is 0 Å². The summed E-state index contributed by atoms with van der Waals surface area (Å²) in [5.41, 5.74) is 0.797. The molecule has 0 radical (unpaired) electrons. The molecule has 100 valence electrons. The molecule has 0 saturated carbocycles. The quantitative estimate of drug-likeness (QED) is 0.691. The van der Waals surface area contributed by atoms with Crippen LogP contribution < -0.4 is 0 Å². The molecule has 1 saturated heterocycles. The second kappa shape index (κ2) is 6.39. The highest BCUT2D eigenvalue weighted by Gasteiger charge is 2.25. The van der Waals surface area contributed by atoms with Gasteiger partial charge < -0.3 is 0 Å². The molecule has 2 heterocycles. The highest BCUT2D eigenvalue weighted by molar-refractivity contribution is 9.12. The van der Waals surface area contributed by atoms with Crippen LogP contribution in [0.2, 0.25) is 0 Å². The lowest BCUT2D eigenvalue weighted by Crippen LogP contribution is -2.42. The minimum atomic E-state index is 0.204. The van der Waals surface area contributed by atoms with Crippen LogP contribution in [0.25, 0.3) is 0 Å². The van der Waals surface area contributed by atoms with Gasteiger partial charge in [-0.05, 0) is 37.9 Å². The fourth-order valence-electron chi connectivity index (χ4n) is 2.23. The Bertz CT molecular complexity index is 439. The van der Waals surface area contributed by atoms with Crippen LogP contribution in [0.4, 0.5) is 0 Å². The molecule has 0 amide bonds. The second-order valence-electron chi connectivity index (χ2n) is 4.61. The zero-order valence-corrected chi connectivity index (χ0v) is 15.1. The first-order chi connectivity index (χ1) is 8.45. The number of rotatable bonds is 3. The Hall–Kier alpha value is 0.640. The monoisotopic (exact) mass is 411 g/mol. The Morgan fingerprint density at radius 1 is 1.39 bits per heavy atom. The minimum absolute atomic E-state index is 0.204. The van der Waals surface area contributed by atoms with E-state index < -0.39 is 0 Å². The molecule has 0 bridgehead atoms. The molecule has 0 spiro atoms. The largest absolute Gasteiger partial charge is 0.294 e. The Labute approximate surface area is 133 Å². The fourth-order valence-corrected chi connectivity index (χ4v) is 6.47. The van der Waals surface area contributed by atoms with Crippen LogP contribution in [0.5, 0.6) is 0 Å². The Kier molecular flexibility index (Phi) is 5.34. The maximum absolute atomic E-state index is 12.3. The van der Waals surface area contributed by atoms with Gasteiger partial charge in [-0.1, -0.05) is 13.8 Å². The number of ketones is 1. The average molecular weight is 413 g/mol. The third-order valence-corrected chi connectivity index (χ3v) is 6.39. The summed E-state index contributed by atoms with van der Waals surface area (Å²) in [6.45, 7) is 6.99. The molecule has 2 unspecified atom stereocenters. The number of thiophene rings is 1. The number of thioether (sulfide) groups is 1. The molecule has 2 nitrogen and oxygen atoms in total. The van der Waals surface area contributed by atoms with Gasteiger partial charge in [0.05, 0.1) is 14.1 Å². The van der Waals surface area contributed by atoms with E-state index in [-0.39, 0.29) is 5.78 Å². The standard InChI is InChI=1S/C12H15Br2NOS2/c1-7-4-15(5-8(2)17-7)6-10(16)9-3-11(13)18-12(9)14/h3,7-8H,4-6H2,1-2H3. The molecule has 18 heavy (non-hydrogen) atoms. The van der Waals surface area contributed by atoms with E-state index >= 15 is 0 Å². The average Bonchev–Trinajstić information content (AvgIpc) is 2.56. The van der Waals surface area contributed by atoms with Crippen molar-refractivity contribution in [2.24, 2.45) is 0 Å². The van der Waals surface area contributed by atoms with Crippen molar-refractivity contribution in [1.82, 2.24) is 4.90 Å². The number of carbonyl (C=O) groups is 1. The molecule has 0 N–H and O–H groups in total. The predicted octanol–water partition coefficient (Wildman–Crippen LogP) is 4.28. The molecule has 1 aromatic heterocycles. The summed E-state index contributed by atoms with van der Waals surface area (Å²) < 4.78 is 1.92. The van der Waals surface area contributed by atoms with Gasteiger partial charge in [-0.25, -0.2) is 0 Å². The smallest absolute Gasteiger partial charge is 0.178 e. The van der Waals surface area contributed by atoms with Crippen molar-refractivity contribution in [3.8, 4) is 0 Å². The molecule has 0 aromatic carbocycles. The van der Waals surface area contributed by atoms with Crippen molar-refractivity contribution >= 4 is 60.7 Å². The molecule has 2 rings (SSSR count). The van der Waals surface area contributed by atoms with E-state index in [4.69, 9.17) is 0 Å². The van der Waals surface area contributed by atoms with Crippen molar-refractivity contribution in [2.45, 2.75) is 24.3 Å². The van der Waals surface area contributed by atoms with E-state index in [2.05, 4.69) is 50.6 Å². The van der Waals surface area contributed by atoms with Gasteiger partial charge in [0, 0.05) is 29.2 Å². The fraction of sp³-hybridized carbons (Fsp3) is 0.583. The lowest BCUT2D eigenvalue weighted by molar-refractivity contribution is 0.0929. The van der Waals surface area contributed by atoms with E-state index in [1.165, 1.54) is 0 Å². The number of Topliss-reactive ketones (excluding diaryl/α,β-unsaturated/α-hetero) is 1. The summed E-state index contributed by atoms with van der Waals surface area (Å²) >= 11 is 10.4. The van der Waals surface area contributed by atoms with Gasteiger partial charge in [0.25, 0.3) is 0 Å². The van der Waals surface area contributed by atoms with Gasteiger partial charge in [-0.15, -0.1) is 11.3 Å². The maximum atomic E-state index is 12.3. The van der Waals surface area contributed by atoms with Crippen LogP contribution in [-0.2, 0) is 0 Å². The Morgan fingerprint density at radius 3 is 2.50 bits per heavy atom. The van der Waals surface area contributed by atoms with Crippen LogP contribution in [0, 0.1) is 0 Å². The lowest BCUT2D eigenvalue weighted by Gasteiger charge is -2.33. The van der Waals surface area contributed by atoms with Crippen LogP contribution in [-0.4, -0.2) is 40.8 Å². The molecular formula is C12H15Br2NOS2. The predicted molar refractivity (Wildman–Crippen MR) is 87.0 cm³/mol. The van der Waals surface area contributed by atoms with Gasteiger partial charge in [0.2, 0.25) is 0 Å². The van der Waals surface area contributed by atoms with E-state index in [1.54, 1.807) is 11.3 Å². The van der Waals surface area contributed by atoms with Gasteiger partial charge >= 0.3 is 0 Å². The molecule has 1 aliphatic rings. The molecule has 6 heteroatoms. The Morgan fingerprint density at radius 2 is 2.00 bits per heavy atom. The first kappa shape index (κ1) is 15.0. The number of halogens is 2. The molecule has 2 atom stereocenters. The van der Waals surface area contributed by atoms with E-state index in [0.717, 1.165) is 26.2 Å². The molecular weight excluding hydrogens is 398 g/mol. The number of nitrogens with zero attached hydrogens (tertiary/aromatic N) is 1. The van der Waals surface area contributed by atoms with Crippen LogP contribution >= 0.6 is 55.0 Å². The third-order valence-electron chi connectivity index (χ3n) is 2.82.